The van der Waals surface area contributed by atoms with Crippen molar-refractivity contribution in [1.29, 1.82) is 0 Å². The molecule has 1 N–H and O–H groups in total. The second kappa shape index (κ2) is 10.0. The lowest BCUT2D eigenvalue weighted by atomic mass is 10.1. The Morgan fingerprint density at radius 1 is 1.25 bits per heavy atom. The lowest BCUT2D eigenvalue weighted by Crippen LogP contribution is -2.26. The van der Waals surface area contributed by atoms with Crippen LogP contribution >= 0.6 is 34.7 Å². The largest absolute Gasteiger partial charge is 0.351 e. The van der Waals surface area contributed by atoms with Crippen molar-refractivity contribution in [2.24, 2.45) is 5.92 Å². The molecule has 3 aromatic heterocycles. The summed E-state index contributed by atoms with van der Waals surface area (Å²) in [7, 11) is 0. The lowest BCUT2D eigenvalue weighted by Gasteiger charge is -2.13. The molecule has 4 rings (SSSR count). The fourth-order valence-corrected chi connectivity index (χ4v) is 5.23. The van der Waals surface area contributed by atoms with Crippen LogP contribution < -0.4 is 10.9 Å². The van der Waals surface area contributed by atoms with Crippen molar-refractivity contribution >= 4 is 61.0 Å². The first-order valence-corrected chi connectivity index (χ1v) is 12.5. The number of hydrogen-bond acceptors (Lipinski definition) is 6. The maximum Gasteiger partial charge on any atom is 0.272 e. The van der Waals surface area contributed by atoms with E-state index >= 15 is 0 Å². The van der Waals surface area contributed by atoms with E-state index in [1.54, 1.807) is 22.9 Å². The fraction of sp³-hybridized carbons (Fsp3) is 0.304. The number of rotatable bonds is 8. The number of nitrogens with one attached hydrogen (secondary N) is 1. The zero-order valence-electron chi connectivity index (χ0n) is 17.8. The van der Waals surface area contributed by atoms with Gasteiger partial charge in [-0.2, -0.15) is 0 Å². The Morgan fingerprint density at radius 3 is 2.78 bits per heavy atom. The van der Waals surface area contributed by atoms with Crippen molar-refractivity contribution < 1.29 is 4.79 Å². The average Bonchev–Trinajstić information content (AvgIpc) is 3.15. The van der Waals surface area contributed by atoms with Crippen LogP contribution in [0.4, 0.5) is 0 Å². The number of amides is 1. The molecule has 32 heavy (non-hydrogen) atoms. The number of benzene rings is 1. The van der Waals surface area contributed by atoms with Crippen molar-refractivity contribution in [2.75, 3.05) is 5.75 Å². The summed E-state index contributed by atoms with van der Waals surface area (Å²) < 4.78 is 2.31. The molecular weight excluding hydrogens is 464 g/mol. The number of pyridine rings is 1. The summed E-state index contributed by atoms with van der Waals surface area (Å²) in [6.07, 6.45) is 2.57. The third-order valence-electron chi connectivity index (χ3n) is 4.98. The Kier molecular flexibility index (Phi) is 7.13. The summed E-state index contributed by atoms with van der Waals surface area (Å²) in [5, 5.41) is 5.00. The van der Waals surface area contributed by atoms with Gasteiger partial charge in [0, 0.05) is 29.7 Å². The summed E-state index contributed by atoms with van der Waals surface area (Å²) in [4.78, 5) is 35.7. The minimum atomic E-state index is -0.119. The number of fused-ring (bicyclic) bond motifs is 3. The summed E-state index contributed by atoms with van der Waals surface area (Å²) >= 11 is 8.57. The molecule has 9 heteroatoms. The third kappa shape index (κ3) is 5.14. The highest BCUT2D eigenvalue weighted by Gasteiger charge is 2.18. The highest BCUT2D eigenvalue weighted by Crippen LogP contribution is 2.30. The fourth-order valence-electron chi connectivity index (χ4n) is 3.22. The predicted octanol–water partition coefficient (Wildman–Crippen LogP) is 5.11. The van der Waals surface area contributed by atoms with Crippen molar-refractivity contribution in [2.45, 2.75) is 38.5 Å². The maximum atomic E-state index is 13.3. The molecule has 0 atom stereocenters. The molecule has 4 aromatic rings. The lowest BCUT2D eigenvalue weighted by molar-refractivity contribution is -0.118. The molecule has 0 bridgehead atoms. The highest BCUT2D eigenvalue weighted by molar-refractivity contribution is 7.99. The Morgan fingerprint density at radius 2 is 2.03 bits per heavy atom. The van der Waals surface area contributed by atoms with E-state index in [0.29, 0.717) is 39.4 Å². The minimum Gasteiger partial charge on any atom is -0.351 e. The van der Waals surface area contributed by atoms with E-state index in [4.69, 9.17) is 16.6 Å². The van der Waals surface area contributed by atoms with Crippen LogP contribution in [0.2, 0.25) is 5.02 Å². The molecule has 1 aromatic carbocycles. The number of carbonyl (C=O) groups is 1. The average molecular weight is 487 g/mol. The summed E-state index contributed by atoms with van der Waals surface area (Å²) in [5.41, 5.74) is 1.56. The molecule has 166 valence electrons. The topological polar surface area (TPSA) is 76.9 Å². The van der Waals surface area contributed by atoms with E-state index in [9.17, 15) is 9.59 Å². The second-order valence-corrected chi connectivity index (χ2v) is 10.2. The smallest absolute Gasteiger partial charge is 0.272 e. The van der Waals surface area contributed by atoms with Crippen LogP contribution in [0.15, 0.2) is 52.5 Å². The van der Waals surface area contributed by atoms with Crippen LogP contribution in [0.3, 0.4) is 0 Å². The monoisotopic (exact) mass is 486 g/mol. The Bertz CT molecular complexity index is 1320. The van der Waals surface area contributed by atoms with E-state index in [2.05, 4.69) is 24.1 Å². The van der Waals surface area contributed by atoms with Gasteiger partial charge in [0.15, 0.2) is 5.16 Å². The quantitative estimate of drug-likeness (QED) is 0.276. The summed E-state index contributed by atoms with van der Waals surface area (Å²) in [6.45, 7) is 5.23. The number of thioether (sulfide) groups is 1. The van der Waals surface area contributed by atoms with Gasteiger partial charge >= 0.3 is 0 Å². The van der Waals surface area contributed by atoms with E-state index in [1.807, 2.05) is 24.3 Å². The van der Waals surface area contributed by atoms with Crippen molar-refractivity contribution in [3.8, 4) is 0 Å². The summed E-state index contributed by atoms with van der Waals surface area (Å²) in [6, 6.07) is 11.1. The molecule has 6 nitrogen and oxygen atoms in total. The maximum absolute atomic E-state index is 13.3. The van der Waals surface area contributed by atoms with Crippen LogP contribution in [0, 0.1) is 5.92 Å². The molecule has 0 spiro atoms. The number of carbonyl (C=O) groups excluding carboxylic acids is 1. The number of aromatic nitrogens is 3. The van der Waals surface area contributed by atoms with Gasteiger partial charge in [-0.1, -0.05) is 49.3 Å². The van der Waals surface area contributed by atoms with Crippen molar-refractivity contribution in [3.05, 3.63) is 63.5 Å². The normalized spacial score (nSPS) is 11.5. The number of halogens is 1. The molecule has 0 saturated heterocycles. The van der Waals surface area contributed by atoms with Crippen LogP contribution in [0.1, 0.15) is 25.8 Å². The van der Waals surface area contributed by atoms with E-state index in [0.717, 1.165) is 22.2 Å². The van der Waals surface area contributed by atoms with Gasteiger partial charge in [0.05, 0.1) is 11.3 Å². The number of thiophene rings is 1. The van der Waals surface area contributed by atoms with Gasteiger partial charge in [0.2, 0.25) is 5.91 Å². The van der Waals surface area contributed by atoms with Gasteiger partial charge in [0.25, 0.3) is 5.56 Å². The van der Waals surface area contributed by atoms with Gasteiger partial charge in [0.1, 0.15) is 9.53 Å². The molecule has 0 aliphatic carbocycles. The molecular formula is C23H23ClN4O2S2. The molecule has 0 radical (unpaired) electrons. The van der Waals surface area contributed by atoms with Crippen LogP contribution in [-0.2, 0) is 17.9 Å². The van der Waals surface area contributed by atoms with Gasteiger partial charge in [-0.15, -0.1) is 11.3 Å². The Labute approximate surface area is 199 Å². The molecule has 0 aliphatic rings. The third-order valence-corrected chi connectivity index (χ3v) is 7.30. The van der Waals surface area contributed by atoms with Gasteiger partial charge in [-0.05, 0) is 42.2 Å². The number of nitrogens with zero attached hydrogens (tertiary/aromatic N) is 3. The Balaban J connectivity index is 1.57. The van der Waals surface area contributed by atoms with E-state index in [1.165, 1.54) is 23.1 Å². The first-order chi connectivity index (χ1) is 15.4. The van der Waals surface area contributed by atoms with Crippen LogP contribution in [0.5, 0.6) is 0 Å². The molecule has 0 aliphatic heterocycles. The van der Waals surface area contributed by atoms with E-state index < -0.39 is 0 Å². The SMILES string of the molecule is CC(C)CCn1c(SCC(=O)NCc2ccc(Cl)cc2)nc2c(sc3ncccc32)c1=O. The van der Waals surface area contributed by atoms with Gasteiger partial charge < -0.3 is 5.32 Å². The zero-order valence-corrected chi connectivity index (χ0v) is 20.2. The first-order valence-electron chi connectivity index (χ1n) is 10.3. The van der Waals surface area contributed by atoms with Crippen molar-refractivity contribution in [1.82, 2.24) is 19.9 Å². The second-order valence-electron chi connectivity index (χ2n) is 7.86. The van der Waals surface area contributed by atoms with E-state index in [-0.39, 0.29) is 17.2 Å². The highest BCUT2D eigenvalue weighted by atomic mass is 35.5. The molecule has 0 fully saturated rings. The molecule has 0 saturated carbocycles. The molecule has 1 amide bonds. The zero-order chi connectivity index (χ0) is 22.7. The van der Waals surface area contributed by atoms with Crippen molar-refractivity contribution in [3.63, 3.8) is 0 Å². The standard InChI is InChI=1S/C23H23ClN4O2S2/c1-14(2)9-11-28-22(30)20-19(17-4-3-10-25-21(17)32-20)27-23(28)31-13-18(29)26-12-15-5-7-16(24)8-6-15/h3-8,10,14H,9,11-13H2,1-2H3,(H,26,29). The molecule has 3 heterocycles. The van der Waals surface area contributed by atoms with Gasteiger partial charge in [-0.3, -0.25) is 14.2 Å². The summed E-state index contributed by atoms with van der Waals surface area (Å²) in [5.74, 6) is 0.502. The Hall–Kier alpha value is -2.42. The minimum absolute atomic E-state index is 0.0669. The number of hydrogen-bond donors (Lipinski definition) is 1. The molecule has 0 unspecified atom stereocenters. The first kappa shape index (κ1) is 22.8. The predicted molar refractivity (Wildman–Crippen MR) is 133 cm³/mol. The van der Waals surface area contributed by atoms with Gasteiger partial charge in [-0.25, -0.2) is 9.97 Å². The van der Waals surface area contributed by atoms with Crippen LogP contribution in [-0.4, -0.2) is 26.2 Å². The van der Waals surface area contributed by atoms with Crippen LogP contribution in [0.25, 0.3) is 20.4 Å².